The number of imidazole rings is 1. The molecule has 7 heteroatoms. The number of carbonyl (C=O) groups is 1. The van der Waals surface area contributed by atoms with Crippen molar-refractivity contribution in [1.82, 2.24) is 9.55 Å². The molecule has 0 saturated heterocycles. The van der Waals surface area contributed by atoms with Gasteiger partial charge in [0.2, 0.25) is 0 Å². The van der Waals surface area contributed by atoms with E-state index in [9.17, 15) is 9.18 Å². The third-order valence-electron chi connectivity index (χ3n) is 2.61. The molecule has 0 spiro atoms. The van der Waals surface area contributed by atoms with Gasteiger partial charge in [-0.2, -0.15) is 0 Å². The van der Waals surface area contributed by atoms with Crippen LogP contribution in [0.4, 0.5) is 10.2 Å². The third kappa shape index (κ3) is 2.26. The summed E-state index contributed by atoms with van der Waals surface area (Å²) in [5.41, 5.74) is 5.94. The summed E-state index contributed by atoms with van der Waals surface area (Å²) in [5.74, 6) is -0.838. The van der Waals surface area contributed by atoms with Gasteiger partial charge in [0.15, 0.2) is 5.69 Å². The molecule has 1 aromatic heterocycles. The van der Waals surface area contributed by atoms with Crippen LogP contribution in [0.15, 0.2) is 18.2 Å². The molecule has 0 radical (unpaired) electrons. The zero-order valence-corrected chi connectivity index (χ0v) is 11.0. The van der Waals surface area contributed by atoms with Crippen LogP contribution >= 0.6 is 11.6 Å². The maximum atomic E-state index is 13.9. The van der Waals surface area contributed by atoms with Gasteiger partial charge in [0.05, 0.1) is 12.8 Å². The predicted molar refractivity (Wildman–Crippen MR) is 69.0 cm³/mol. The maximum Gasteiger partial charge on any atom is 0.360 e. The highest BCUT2D eigenvalue weighted by Gasteiger charge is 2.21. The van der Waals surface area contributed by atoms with E-state index in [-0.39, 0.29) is 22.2 Å². The summed E-state index contributed by atoms with van der Waals surface area (Å²) >= 11 is 5.69. The number of nitrogens with zero attached hydrogens (tertiary/aromatic N) is 2. The molecule has 2 rings (SSSR count). The second kappa shape index (κ2) is 4.89. The zero-order chi connectivity index (χ0) is 14.2. The van der Waals surface area contributed by atoms with Gasteiger partial charge in [0, 0.05) is 5.02 Å². The van der Waals surface area contributed by atoms with Crippen LogP contribution in [-0.2, 0) is 4.74 Å². The van der Waals surface area contributed by atoms with Crippen LogP contribution in [0.5, 0.6) is 0 Å². The first-order valence-electron chi connectivity index (χ1n) is 5.34. The lowest BCUT2D eigenvalue weighted by atomic mass is 10.3. The predicted octanol–water partition coefficient (Wildman–Crippen LogP) is 2.34. The molecule has 0 aliphatic heterocycles. The van der Waals surface area contributed by atoms with Crippen molar-refractivity contribution >= 4 is 23.4 Å². The highest BCUT2D eigenvalue weighted by atomic mass is 35.5. The number of hydrogen-bond acceptors (Lipinski definition) is 4. The second-order valence-electron chi connectivity index (χ2n) is 3.82. The van der Waals surface area contributed by atoms with E-state index in [2.05, 4.69) is 9.72 Å². The van der Waals surface area contributed by atoms with Gasteiger partial charge in [-0.3, -0.25) is 4.57 Å². The Labute approximate surface area is 113 Å². The number of nitrogens with two attached hydrogens (primary N) is 1. The van der Waals surface area contributed by atoms with E-state index in [1.807, 2.05) is 0 Å². The smallest absolute Gasteiger partial charge is 0.360 e. The monoisotopic (exact) mass is 283 g/mol. The molecule has 19 heavy (non-hydrogen) atoms. The summed E-state index contributed by atoms with van der Waals surface area (Å²) in [6, 6.07) is 4.15. The number of methoxy groups -OCH3 is 1. The van der Waals surface area contributed by atoms with Crippen molar-refractivity contribution in [2.45, 2.75) is 6.92 Å². The number of halogens is 2. The summed E-state index contributed by atoms with van der Waals surface area (Å²) in [4.78, 5) is 15.5. The largest absolute Gasteiger partial charge is 0.464 e. The van der Waals surface area contributed by atoms with E-state index in [4.69, 9.17) is 17.3 Å². The van der Waals surface area contributed by atoms with Crippen LogP contribution in [0.3, 0.4) is 0 Å². The van der Waals surface area contributed by atoms with Crippen LogP contribution in [0.1, 0.15) is 16.3 Å². The van der Waals surface area contributed by atoms with Crippen molar-refractivity contribution in [3.8, 4) is 5.69 Å². The van der Waals surface area contributed by atoms with E-state index < -0.39 is 11.8 Å². The molecule has 100 valence electrons. The number of ether oxygens (including phenoxy) is 1. The highest BCUT2D eigenvalue weighted by Crippen LogP contribution is 2.25. The molecule has 1 aromatic carbocycles. The number of nitrogen functional groups attached to an aromatic ring is 1. The summed E-state index contributed by atoms with van der Waals surface area (Å²) in [6.45, 7) is 1.61. The van der Waals surface area contributed by atoms with Gasteiger partial charge < -0.3 is 10.5 Å². The lowest BCUT2D eigenvalue weighted by molar-refractivity contribution is 0.0596. The molecule has 2 N–H and O–H groups in total. The minimum atomic E-state index is -0.672. The number of esters is 1. The first-order valence-corrected chi connectivity index (χ1v) is 5.72. The fourth-order valence-corrected chi connectivity index (χ4v) is 1.92. The summed E-state index contributed by atoms with van der Waals surface area (Å²) in [6.07, 6.45) is 0. The van der Waals surface area contributed by atoms with Crippen molar-refractivity contribution in [2.75, 3.05) is 12.8 Å². The lowest BCUT2D eigenvalue weighted by Gasteiger charge is -2.09. The van der Waals surface area contributed by atoms with E-state index >= 15 is 0 Å². The van der Waals surface area contributed by atoms with E-state index in [0.29, 0.717) is 5.82 Å². The fourth-order valence-electron chi connectivity index (χ4n) is 1.76. The van der Waals surface area contributed by atoms with Crippen molar-refractivity contribution in [3.63, 3.8) is 0 Å². The standard InChI is InChI=1S/C12H11ClFN3O2/c1-6-16-10(12(18)19-2)11(15)17(6)9-4-3-7(13)5-8(9)14/h3-5H,15H2,1-2H3. The lowest BCUT2D eigenvalue weighted by Crippen LogP contribution is -2.08. The number of benzene rings is 1. The first kappa shape index (κ1) is 13.4. The molecular weight excluding hydrogens is 273 g/mol. The SMILES string of the molecule is COC(=O)c1nc(C)n(-c2ccc(Cl)cc2F)c1N. The number of hydrogen-bond donors (Lipinski definition) is 1. The molecule has 0 aliphatic rings. The molecule has 0 fully saturated rings. The fraction of sp³-hybridized carbons (Fsp3) is 0.167. The number of anilines is 1. The van der Waals surface area contributed by atoms with Crippen molar-refractivity contribution in [1.29, 1.82) is 0 Å². The number of rotatable bonds is 2. The highest BCUT2D eigenvalue weighted by molar-refractivity contribution is 6.30. The van der Waals surface area contributed by atoms with Gasteiger partial charge in [0.25, 0.3) is 0 Å². The third-order valence-corrected chi connectivity index (χ3v) is 2.85. The Morgan fingerprint density at radius 1 is 1.53 bits per heavy atom. The van der Waals surface area contributed by atoms with Gasteiger partial charge in [-0.05, 0) is 25.1 Å². The molecule has 0 bridgehead atoms. The average molecular weight is 284 g/mol. The molecule has 1 heterocycles. The Bertz CT molecular complexity index is 655. The van der Waals surface area contributed by atoms with Crippen LogP contribution in [0, 0.1) is 12.7 Å². The summed E-state index contributed by atoms with van der Waals surface area (Å²) < 4.78 is 19.8. The van der Waals surface area contributed by atoms with Gasteiger partial charge >= 0.3 is 5.97 Å². The zero-order valence-electron chi connectivity index (χ0n) is 10.3. The number of carbonyl (C=O) groups excluding carboxylic acids is 1. The second-order valence-corrected chi connectivity index (χ2v) is 4.25. The van der Waals surface area contributed by atoms with Gasteiger partial charge in [-0.15, -0.1) is 0 Å². The quantitative estimate of drug-likeness (QED) is 0.859. The van der Waals surface area contributed by atoms with Crippen LogP contribution in [0.25, 0.3) is 5.69 Å². The summed E-state index contributed by atoms with van der Waals surface area (Å²) in [7, 11) is 1.22. The van der Waals surface area contributed by atoms with Crippen molar-refractivity contribution < 1.29 is 13.9 Å². The molecule has 0 aliphatic carbocycles. The van der Waals surface area contributed by atoms with Crippen LogP contribution in [-0.4, -0.2) is 22.6 Å². The average Bonchev–Trinajstić information content (AvgIpc) is 2.65. The molecular formula is C12H11ClFN3O2. The summed E-state index contributed by atoms with van der Waals surface area (Å²) in [5, 5.41) is 0.269. The van der Waals surface area contributed by atoms with E-state index in [1.54, 1.807) is 6.92 Å². The molecule has 0 unspecified atom stereocenters. The molecule has 0 saturated carbocycles. The minimum absolute atomic E-state index is 0.0190. The van der Waals surface area contributed by atoms with Gasteiger partial charge in [-0.25, -0.2) is 14.2 Å². The van der Waals surface area contributed by atoms with E-state index in [0.717, 1.165) is 6.07 Å². The number of aromatic nitrogens is 2. The van der Waals surface area contributed by atoms with E-state index in [1.165, 1.54) is 23.8 Å². The minimum Gasteiger partial charge on any atom is -0.464 e. The normalized spacial score (nSPS) is 10.5. The van der Waals surface area contributed by atoms with Crippen LogP contribution in [0.2, 0.25) is 5.02 Å². The van der Waals surface area contributed by atoms with Crippen molar-refractivity contribution in [3.05, 3.63) is 40.6 Å². The molecule has 2 aromatic rings. The Morgan fingerprint density at radius 2 is 2.21 bits per heavy atom. The van der Waals surface area contributed by atoms with Crippen LogP contribution < -0.4 is 5.73 Å². The van der Waals surface area contributed by atoms with Crippen molar-refractivity contribution in [2.24, 2.45) is 0 Å². The number of aryl methyl sites for hydroxylation is 1. The topological polar surface area (TPSA) is 70.1 Å². The maximum absolute atomic E-state index is 13.9. The Morgan fingerprint density at radius 3 is 2.79 bits per heavy atom. The Kier molecular flexibility index (Phi) is 3.44. The van der Waals surface area contributed by atoms with Gasteiger partial charge in [0.1, 0.15) is 17.5 Å². The van der Waals surface area contributed by atoms with Gasteiger partial charge in [-0.1, -0.05) is 11.6 Å². The molecule has 5 nitrogen and oxygen atoms in total. The molecule has 0 atom stereocenters. The molecule has 0 amide bonds. The first-order chi connectivity index (χ1) is 8.95. The Hall–Kier alpha value is -2.08. The Balaban J connectivity index is 2.63.